The zero-order chi connectivity index (χ0) is 18.2. The van der Waals surface area contributed by atoms with Crippen LogP contribution in [0, 0.1) is 0 Å². The van der Waals surface area contributed by atoms with Crippen LogP contribution in [-0.4, -0.2) is 20.4 Å². The molecule has 0 unspecified atom stereocenters. The maximum atomic E-state index is 13.1. The van der Waals surface area contributed by atoms with Crippen molar-refractivity contribution in [3.05, 3.63) is 70.6 Å². The van der Waals surface area contributed by atoms with E-state index in [9.17, 15) is 4.79 Å². The number of thiophene rings is 1. The van der Waals surface area contributed by atoms with Crippen LogP contribution in [0.25, 0.3) is 16.0 Å². The molecule has 0 atom stereocenters. The van der Waals surface area contributed by atoms with Crippen LogP contribution in [0.15, 0.2) is 48.8 Å². The van der Waals surface area contributed by atoms with Crippen LogP contribution < -0.4 is 5.32 Å². The van der Waals surface area contributed by atoms with Crippen LogP contribution >= 0.6 is 11.3 Å². The molecule has 6 heteroatoms. The Morgan fingerprint density at radius 1 is 1.15 bits per heavy atom. The third kappa shape index (κ3) is 2.96. The molecule has 0 radical (unpaired) electrons. The van der Waals surface area contributed by atoms with E-state index in [0.29, 0.717) is 6.54 Å². The number of aryl methyl sites for hydroxylation is 1. The number of para-hydroxylation sites is 2. The highest BCUT2D eigenvalue weighted by Crippen LogP contribution is 2.36. The summed E-state index contributed by atoms with van der Waals surface area (Å²) in [6, 6.07) is 11.9. The number of carbonyl (C=O) groups is 1. The maximum Gasteiger partial charge on any atom is 0.254 e. The molecule has 0 saturated heterocycles. The monoisotopic (exact) mass is 376 g/mol. The van der Waals surface area contributed by atoms with Crippen molar-refractivity contribution in [2.75, 3.05) is 0 Å². The smallest absolute Gasteiger partial charge is 0.254 e. The zero-order valence-corrected chi connectivity index (χ0v) is 15.7. The summed E-state index contributed by atoms with van der Waals surface area (Å²) in [6.07, 6.45) is 8.43. The molecule has 27 heavy (non-hydrogen) atoms. The summed E-state index contributed by atoms with van der Waals surface area (Å²) in [7, 11) is 0. The number of carbonyl (C=O) groups excluding carboxylic acids is 1. The van der Waals surface area contributed by atoms with Crippen LogP contribution in [-0.2, 0) is 19.4 Å². The number of H-pyrrole nitrogens is 1. The predicted molar refractivity (Wildman–Crippen MR) is 108 cm³/mol. The third-order valence-electron chi connectivity index (χ3n) is 5.07. The van der Waals surface area contributed by atoms with E-state index in [0.717, 1.165) is 46.7 Å². The second kappa shape index (κ2) is 6.70. The highest BCUT2D eigenvalue weighted by atomic mass is 32.1. The summed E-state index contributed by atoms with van der Waals surface area (Å²) < 4.78 is 2.05. The quantitative estimate of drug-likeness (QED) is 0.560. The third-order valence-corrected chi connectivity index (χ3v) is 6.38. The van der Waals surface area contributed by atoms with E-state index in [2.05, 4.69) is 19.9 Å². The molecule has 1 aliphatic rings. The lowest BCUT2D eigenvalue weighted by molar-refractivity contribution is 0.0949. The van der Waals surface area contributed by atoms with Gasteiger partial charge in [-0.25, -0.2) is 4.98 Å². The minimum atomic E-state index is -0.0152. The van der Waals surface area contributed by atoms with Crippen molar-refractivity contribution in [3.63, 3.8) is 0 Å². The highest BCUT2D eigenvalue weighted by molar-refractivity contribution is 7.15. The normalized spacial score (nSPS) is 13.6. The molecule has 0 fully saturated rings. The van der Waals surface area contributed by atoms with Gasteiger partial charge in [0.15, 0.2) is 0 Å². The van der Waals surface area contributed by atoms with Crippen LogP contribution in [0.4, 0.5) is 0 Å². The Bertz CT molecular complexity index is 1070. The van der Waals surface area contributed by atoms with Crippen molar-refractivity contribution in [2.45, 2.75) is 32.2 Å². The summed E-state index contributed by atoms with van der Waals surface area (Å²) in [5, 5.41) is 4.10. The van der Waals surface area contributed by atoms with E-state index >= 15 is 0 Å². The lowest BCUT2D eigenvalue weighted by atomic mass is 9.95. The molecular weight excluding hydrogens is 356 g/mol. The molecule has 5 rings (SSSR count). The SMILES string of the molecule is O=C(NCc1nc2ccccc2[nH]1)c1c(-n2cccc2)sc2c1CCCC2. The summed E-state index contributed by atoms with van der Waals surface area (Å²) in [4.78, 5) is 22.3. The number of fused-ring (bicyclic) bond motifs is 2. The van der Waals surface area contributed by atoms with Gasteiger partial charge in [-0.1, -0.05) is 12.1 Å². The first-order valence-corrected chi connectivity index (χ1v) is 10.1. The maximum absolute atomic E-state index is 13.1. The van der Waals surface area contributed by atoms with Gasteiger partial charge in [0.2, 0.25) is 0 Å². The number of rotatable bonds is 4. The Labute approximate surface area is 161 Å². The Balaban J connectivity index is 1.44. The van der Waals surface area contributed by atoms with E-state index in [4.69, 9.17) is 0 Å². The number of aromatic amines is 1. The molecular formula is C21H20N4OS. The van der Waals surface area contributed by atoms with E-state index in [-0.39, 0.29) is 5.91 Å². The van der Waals surface area contributed by atoms with Gasteiger partial charge in [0.25, 0.3) is 5.91 Å². The largest absolute Gasteiger partial charge is 0.345 e. The summed E-state index contributed by atoms with van der Waals surface area (Å²) in [6.45, 7) is 0.392. The fourth-order valence-corrected chi connectivity index (χ4v) is 5.13. The Morgan fingerprint density at radius 2 is 1.96 bits per heavy atom. The van der Waals surface area contributed by atoms with E-state index in [1.165, 1.54) is 16.9 Å². The van der Waals surface area contributed by atoms with Gasteiger partial charge in [0, 0.05) is 17.3 Å². The predicted octanol–water partition coefficient (Wildman–Crippen LogP) is 4.22. The second-order valence-electron chi connectivity index (χ2n) is 6.86. The van der Waals surface area contributed by atoms with Gasteiger partial charge in [0.05, 0.1) is 23.1 Å². The van der Waals surface area contributed by atoms with Gasteiger partial charge in [0.1, 0.15) is 10.8 Å². The number of nitrogens with one attached hydrogen (secondary N) is 2. The van der Waals surface area contributed by atoms with Gasteiger partial charge >= 0.3 is 0 Å². The van der Waals surface area contributed by atoms with Crippen molar-refractivity contribution in [2.24, 2.45) is 0 Å². The van der Waals surface area contributed by atoms with Gasteiger partial charge in [-0.05, 0) is 55.5 Å². The fraction of sp³-hybridized carbons (Fsp3) is 0.238. The van der Waals surface area contributed by atoms with Crippen molar-refractivity contribution in [1.29, 1.82) is 0 Å². The number of nitrogens with zero attached hydrogens (tertiary/aromatic N) is 2. The number of amides is 1. The van der Waals surface area contributed by atoms with Crippen molar-refractivity contribution in [1.82, 2.24) is 19.9 Å². The van der Waals surface area contributed by atoms with Crippen molar-refractivity contribution >= 4 is 28.3 Å². The lowest BCUT2D eigenvalue weighted by Gasteiger charge is -2.13. The molecule has 3 aromatic heterocycles. The first-order chi connectivity index (χ1) is 13.3. The van der Waals surface area contributed by atoms with Crippen LogP contribution in [0.1, 0.15) is 39.5 Å². The van der Waals surface area contributed by atoms with E-state index < -0.39 is 0 Å². The Morgan fingerprint density at radius 3 is 2.81 bits per heavy atom. The first-order valence-electron chi connectivity index (χ1n) is 9.29. The number of hydrogen-bond donors (Lipinski definition) is 2. The number of imidazole rings is 1. The molecule has 2 N–H and O–H groups in total. The molecule has 0 spiro atoms. The standard InChI is InChI=1S/C21H20N4OS/c26-20(22-13-18-23-15-8-2-3-9-16(15)24-18)19-14-7-1-4-10-17(14)27-21(19)25-11-5-6-12-25/h2-3,5-6,8-9,11-12H,1,4,7,10,13H2,(H,22,26)(H,23,24). The summed E-state index contributed by atoms with van der Waals surface area (Å²) in [5.41, 5.74) is 3.98. The molecule has 136 valence electrons. The number of hydrogen-bond acceptors (Lipinski definition) is 3. The molecule has 0 bridgehead atoms. The molecule has 1 amide bonds. The van der Waals surface area contributed by atoms with Gasteiger partial charge in [-0.3, -0.25) is 4.79 Å². The molecule has 0 saturated carbocycles. The van der Waals surface area contributed by atoms with Crippen LogP contribution in [0.2, 0.25) is 0 Å². The minimum Gasteiger partial charge on any atom is -0.345 e. The lowest BCUT2D eigenvalue weighted by Crippen LogP contribution is -2.25. The van der Waals surface area contributed by atoms with Crippen LogP contribution in [0.5, 0.6) is 0 Å². The Kier molecular flexibility index (Phi) is 4.05. The fourth-order valence-electron chi connectivity index (χ4n) is 3.78. The van der Waals surface area contributed by atoms with Crippen LogP contribution in [0.3, 0.4) is 0 Å². The summed E-state index contributed by atoms with van der Waals surface area (Å²) in [5.74, 6) is 0.759. The first kappa shape index (κ1) is 16.3. The average Bonchev–Trinajstić information content (AvgIpc) is 3.43. The second-order valence-corrected chi connectivity index (χ2v) is 7.95. The highest BCUT2D eigenvalue weighted by Gasteiger charge is 2.26. The van der Waals surface area contributed by atoms with Gasteiger partial charge in [-0.15, -0.1) is 11.3 Å². The summed E-state index contributed by atoms with van der Waals surface area (Å²) >= 11 is 1.75. The molecule has 1 aliphatic carbocycles. The van der Waals surface area contributed by atoms with Gasteiger partial charge in [-0.2, -0.15) is 0 Å². The Hall–Kier alpha value is -2.86. The average molecular weight is 376 g/mol. The van der Waals surface area contributed by atoms with Gasteiger partial charge < -0.3 is 14.9 Å². The molecule has 5 nitrogen and oxygen atoms in total. The molecule has 0 aliphatic heterocycles. The number of aromatic nitrogens is 3. The van der Waals surface area contributed by atoms with Crippen molar-refractivity contribution < 1.29 is 4.79 Å². The molecule has 4 aromatic rings. The topological polar surface area (TPSA) is 62.7 Å². The van der Waals surface area contributed by atoms with Crippen molar-refractivity contribution in [3.8, 4) is 5.00 Å². The zero-order valence-electron chi connectivity index (χ0n) is 14.9. The van der Waals surface area contributed by atoms with E-state index in [1.54, 1.807) is 11.3 Å². The van der Waals surface area contributed by atoms with E-state index in [1.807, 2.05) is 48.8 Å². The number of benzene rings is 1. The molecule has 1 aromatic carbocycles. The minimum absolute atomic E-state index is 0.0152. The molecule has 3 heterocycles.